The molecule has 3 atom stereocenters. The van der Waals surface area contributed by atoms with Crippen LogP contribution in [0.15, 0.2) is 66.7 Å². The number of hydrogen-bond acceptors (Lipinski definition) is 1. The van der Waals surface area contributed by atoms with Gasteiger partial charge >= 0.3 is 5.97 Å². The maximum absolute atomic E-state index is 11.0. The fourth-order valence-corrected chi connectivity index (χ4v) is 5.03. The van der Waals surface area contributed by atoms with E-state index in [-0.39, 0.29) is 6.42 Å². The van der Waals surface area contributed by atoms with Gasteiger partial charge in [-0.15, -0.1) is 0 Å². The van der Waals surface area contributed by atoms with Gasteiger partial charge in [0.25, 0.3) is 0 Å². The van der Waals surface area contributed by atoms with Crippen molar-refractivity contribution < 1.29 is 9.90 Å². The van der Waals surface area contributed by atoms with Crippen LogP contribution in [0.1, 0.15) is 61.1 Å². The van der Waals surface area contributed by atoms with Crippen molar-refractivity contribution in [2.24, 2.45) is 5.92 Å². The van der Waals surface area contributed by atoms with E-state index in [1.807, 2.05) is 12.1 Å². The molecule has 0 heterocycles. The average molecular weight is 373 g/mol. The quantitative estimate of drug-likeness (QED) is 0.533. The van der Waals surface area contributed by atoms with Crippen LogP contribution in [0.5, 0.6) is 0 Å². The normalized spacial score (nSPS) is 20.3. The summed E-state index contributed by atoms with van der Waals surface area (Å²) in [6, 6.07) is 23.6. The molecule has 0 saturated heterocycles. The maximum atomic E-state index is 11.0. The SMILES string of the molecule is C[C@@H](CC1CCC(c2cccc(CC(=O)O)c2)C1)c1cccc2ccccc12. The van der Waals surface area contributed by atoms with Crippen LogP contribution in [-0.4, -0.2) is 11.1 Å². The molecule has 0 radical (unpaired) electrons. The zero-order valence-corrected chi connectivity index (χ0v) is 16.5. The van der Waals surface area contributed by atoms with Crippen LogP contribution in [0.4, 0.5) is 0 Å². The summed E-state index contributed by atoms with van der Waals surface area (Å²) >= 11 is 0. The standard InChI is InChI=1S/C26H28O2/c1-18(24-11-5-8-21-7-2-3-10-25(21)24)14-20-12-13-23(16-20)22-9-4-6-19(15-22)17-26(27)28/h2-11,15,18,20,23H,12-14,16-17H2,1H3,(H,27,28)/t18-,20?,23?/m0/s1. The summed E-state index contributed by atoms with van der Waals surface area (Å²) in [5.74, 6) is 1.10. The minimum atomic E-state index is -0.759. The molecule has 0 aliphatic heterocycles. The van der Waals surface area contributed by atoms with E-state index < -0.39 is 5.97 Å². The zero-order valence-electron chi connectivity index (χ0n) is 16.5. The molecule has 4 rings (SSSR count). The third kappa shape index (κ3) is 4.11. The Hall–Kier alpha value is -2.61. The van der Waals surface area contributed by atoms with Gasteiger partial charge in [0, 0.05) is 0 Å². The first kappa shape index (κ1) is 18.7. The summed E-state index contributed by atoms with van der Waals surface area (Å²) in [6.07, 6.45) is 5.03. The Labute approximate surface area is 167 Å². The van der Waals surface area contributed by atoms with E-state index in [1.54, 1.807) is 0 Å². The second-order valence-electron chi connectivity index (χ2n) is 8.40. The highest BCUT2D eigenvalue weighted by Crippen LogP contribution is 2.43. The fourth-order valence-electron chi connectivity index (χ4n) is 5.03. The van der Waals surface area contributed by atoms with Gasteiger partial charge in [0.1, 0.15) is 0 Å². The third-order valence-corrected chi connectivity index (χ3v) is 6.36. The van der Waals surface area contributed by atoms with Gasteiger partial charge < -0.3 is 5.11 Å². The van der Waals surface area contributed by atoms with E-state index in [0.717, 1.165) is 11.5 Å². The minimum Gasteiger partial charge on any atom is -0.481 e. The number of rotatable bonds is 6. The molecule has 28 heavy (non-hydrogen) atoms. The Morgan fingerprint density at radius 3 is 2.68 bits per heavy atom. The fraction of sp³-hybridized carbons (Fsp3) is 0.346. The number of carboxylic acids is 1. The van der Waals surface area contributed by atoms with Crippen molar-refractivity contribution in [2.75, 3.05) is 0 Å². The van der Waals surface area contributed by atoms with E-state index in [2.05, 4.69) is 61.5 Å². The summed E-state index contributed by atoms with van der Waals surface area (Å²) in [5, 5.41) is 11.8. The van der Waals surface area contributed by atoms with Gasteiger partial charge in [0.2, 0.25) is 0 Å². The predicted molar refractivity (Wildman–Crippen MR) is 115 cm³/mol. The first-order chi connectivity index (χ1) is 13.6. The van der Waals surface area contributed by atoms with Crippen molar-refractivity contribution in [3.63, 3.8) is 0 Å². The van der Waals surface area contributed by atoms with E-state index in [0.29, 0.717) is 11.8 Å². The monoisotopic (exact) mass is 372 g/mol. The van der Waals surface area contributed by atoms with Crippen LogP contribution in [0.25, 0.3) is 10.8 Å². The molecular formula is C26H28O2. The van der Waals surface area contributed by atoms with Crippen LogP contribution < -0.4 is 0 Å². The second-order valence-corrected chi connectivity index (χ2v) is 8.40. The highest BCUT2D eigenvalue weighted by molar-refractivity contribution is 5.86. The van der Waals surface area contributed by atoms with Crippen molar-refractivity contribution in [3.8, 4) is 0 Å². The van der Waals surface area contributed by atoms with E-state index in [4.69, 9.17) is 5.11 Å². The van der Waals surface area contributed by atoms with Gasteiger partial charge in [-0.2, -0.15) is 0 Å². The van der Waals surface area contributed by atoms with Crippen molar-refractivity contribution in [1.82, 2.24) is 0 Å². The van der Waals surface area contributed by atoms with Gasteiger partial charge in [0.15, 0.2) is 0 Å². The number of fused-ring (bicyclic) bond motifs is 1. The first-order valence-corrected chi connectivity index (χ1v) is 10.4. The number of carboxylic acid groups (broad SMARTS) is 1. The van der Waals surface area contributed by atoms with Crippen molar-refractivity contribution in [2.45, 2.75) is 50.9 Å². The molecule has 0 aromatic heterocycles. The van der Waals surface area contributed by atoms with Crippen LogP contribution in [0.2, 0.25) is 0 Å². The predicted octanol–water partition coefficient (Wildman–Crippen LogP) is 6.54. The van der Waals surface area contributed by atoms with Crippen molar-refractivity contribution in [3.05, 3.63) is 83.4 Å². The highest BCUT2D eigenvalue weighted by atomic mass is 16.4. The molecule has 0 spiro atoms. The summed E-state index contributed by atoms with van der Waals surface area (Å²) < 4.78 is 0. The topological polar surface area (TPSA) is 37.3 Å². The van der Waals surface area contributed by atoms with Crippen LogP contribution in [-0.2, 0) is 11.2 Å². The van der Waals surface area contributed by atoms with E-state index in [9.17, 15) is 4.79 Å². The Morgan fingerprint density at radius 1 is 1.04 bits per heavy atom. The Morgan fingerprint density at radius 2 is 1.82 bits per heavy atom. The number of benzene rings is 3. The van der Waals surface area contributed by atoms with Crippen LogP contribution in [0, 0.1) is 5.92 Å². The van der Waals surface area contributed by atoms with E-state index in [1.165, 1.54) is 47.6 Å². The molecule has 1 fully saturated rings. The third-order valence-electron chi connectivity index (χ3n) is 6.36. The van der Waals surface area contributed by atoms with Gasteiger partial charge in [-0.1, -0.05) is 73.7 Å². The Bertz CT molecular complexity index is 970. The number of carbonyl (C=O) groups is 1. The largest absolute Gasteiger partial charge is 0.481 e. The maximum Gasteiger partial charge on any atom is 0.307 e. The summed E-state index contributed by atoms with van der Waals surface area (Å²) in [6.45, 7) is 2.36. The van der Waals surface area contributed by atoms with Crippen LogP contribution in [0.3, 0.4) is 0 Å². The van der Waals surface area contributed by atoms with Gasteiger partial charge in [0.05, 0.1) is 6.42 Å². The van der Waals surface area contributed by atoms with Gasteiger partial charge in [-0.3, -0.25) is 4.79 Å². The summed E-state index contributed by atoms with van der Waals surface area (Å²) in [4.78, 5) is 11.0. The molecule has 3 aromatic rings. The molecule has 1 N–H and O–H groups in total. The molecule has 2 unspecified atom stereocenters. The summed E-state index contributed by atoms with van der Waals surface area (Å²) in [5.41, 5.74) is 3.70. The van der Waals surface area contributed by atoms with Crippen molar-refractivity contribution in [1.29, 1.82) is 0 Å². The zero-order chi connectivity index (χ0) is 19.5. The lowest BCUT2D eigenvalue weighted by atomic mass is 9.86. The number of aliphatic carboxylic acids is 1. The van der Waals surface area contributed by atoms with E-state index >= 15 is 0 Å². The van der Waals surface area contributed by atoms with Gasteiger partial charge in [-0.05, 0) is 70.9 Å². The summed E-state index contributed by atoms with van der Waals surface area (Å²) in [7, 11) is 0. The molecule has 2 heteroatoms. The number of hydrogen-bond donors (Lipinski definition) is 1. The van der Waals surface area contributed by atoms with Gasteiger partial charge in [-0.25, -0.2) is 0 Å². The molecule has 2 nitrogen and oxygen atoms in total. The molecule has 0 amide bonds. The second kappa shape index (κ2) is 8.18. The molecular weight excluding hydrogens is 344 g/mol. The Balaban J connectivity index is 1.44. The Kier molecular flexibility index (Phi) is 5.47. The van der Waals surface area contributed by atoms with Crippen molar-refractivity contribution >= 4 is 16.7 Å². The lowest BCUT2D eigenvalue weighted by Gasteiger charge is -2.19. The van der Waals surface area contributed by atoms with Crippen LogP contribution >= 0.6 is 0 Å². The lowest BCUT2D eigenvalue weighted by molar-refractivity contribution is -0.136. The molecule has 1 saturated carbocycles. The highest BCUT2D eigenvalue weighted by Gasteiger charge is 2.27. The smallest absolute Gasteiger partial charge is 0.307 e. The lowest BCUT2D eigenvalue weighted by Crippen LogP contribution is -2.04. The molecule has 1 aliphatic rings. The molecule has 1 aliphatic carbocycles. The average Bonchev–Trinajstić information content (AvgIpc) is 3.16. The molecule has 0 bridgehead atoms. The molecule has 3 aromatic carbocycles. The minimum absolute atomic E-state index is 0.113. The first-order valence-electron chi connectivity index (χ1n) is 10.4. The molecule has 144 valence electrons.